The molecule has 4 rings (SSSR count). The number of nitrogens with zero attached hydrogens (tertiary/aromatic N) is 4. The van der Waals surface area contributed by atoms with E-state index in [0.29, 0.717) is 11.4 Å². The number of rotatable bonds is 7. The molecule has 0 radical (unpaired) electrons. The largest absolute Gasteiger partial charge is 0.489 e. The monoisotopic (exact) mass is 474 g/mol. The normalized spacial score (nSPS) is 22.3. The maximum absolute atomic E-state index is 11.7. The number of hydrogen-bond acceptors (Lipinski definition) is 8. The summed E-state index contributed by atoms with van der Waals surface area (Å²) in [6.07, 6.45) is 12.4. The fraction of sp³-hybridized carbons (Fsp3) is 0.625. The SMILES string of the molecule is CCc1cnc(N2CCC(OC3CCC(Oc4ccc(S(C)(=O)=O)nc4C)CC3)CC2)nc1. The molecule has 1 saturated carbocycles. The van der Waals surface area contributed by atoms with E-state index in [1.54, 1.807) is 13.0 Å². The van der Waals surface area contributed by atoms with E-state index < -0.39 is 9.84 Å². The second-order valence-corrected chi connectivity index (χ2v) is 11.1. The molecular formula is C24H34N4O4S. The predicted molar refractivity (Wildman–Crippen MR) is 126 cm³/mol. The summed E-state index contributed by atoms with van der Waals surface area (Å²) in [5.74, 6) is 1.48. The van der Waals surface area contributed by atoms with Crippen LogP contribution in [0.15, 0.2) is 29.6 Å². The zero-order valence-corrected chi connectivity index (χ0v) is 20.6. The van der Waals surface area contributed by atoms with Crippen molar-refractivity contribution < 1.29 is 17.9 Å². The zero-order chi connectivity index (χ0) is 23.4. The van der Waals surface area contributed by atoms with Gasteiger partial charge in [-0.3, -0.25) is 0 Å². The highest BCUT2D eigenvalue weighted by Crippen LogP contribution is 2.29. The highest BCUT2D eigenvalue weighted by atomic mass is 32.2. The maximum atomic E-state index is 11.7. The van der Waals surface area contributed by atoms with Crippen molar-refractivity contribution in [3.63, 3.8) is 0 Å². The number of piperidine rings is 1. The van der Waals surface area contributed by atoms with Crippen LogP contribution in [0, 0.1) is 6.92 Å². The van der Waals surface area contributed by atoms with Gasteiger partial charge in [0.1, 0.15) is 5.75 Å². The van der Waals surface area contributed by atoms with Crippen LogP contribution >= 0.6 is 0 Å². The fourth-order valence-corrected chi connectivity index (χ4v) is 5.10. The Morgan fingerprint density at radius 3 is 2.15 bits per heavy atom. The van der Waals surface area contributed by atoms with Gasteiger partial charge in [-0.2, -0.15) is 0 Å². The Hall–Kier alpha value is -2.26. The van der Waals surface area contributed by atoms with Crippen LogP contribution in [0.2, 0.25) is 0 Å². The van der Waals surface area contributed by atoms with E-state index in [-0.39, 0.29) is 23.3 Å². The molecule has 2 aromatic rings. The summed E-state index contributed by atoms with van der Waals surface area (Å²) in [4.78, 5) is 15.4. The molecule has 1 aliphatic heterocycles. The van der Waals surface area contributed by atoms with Crippen molar-refractivity contribution in [1.29, 1.82) is 0 Å². The number of aromatic nitrogens is 3. The summed E-state index contributed by atoms with van der Waals surface area (Å²) in [5.41, 5.74) is 1.77. The molecule has 180 valence electrons. The van der Waals surface area contributed by atoms with Gasteiger partial charge in [-0.05, 0) is 69.6 Å². The number of aryl methyl sites for hydroxylation is 2. The molecule has 0 aromatic carbocycles. The van der Waals surface area contributed by atoms with Crippen molar-refractivity contribution in [3.05, 3.63) is 35.8 Å². The molecule has 8 nitrogen and oxygen atoms in total. The molecule has 0 unspecified atom stereocenters. The first-order valence-corrected chi connectivity index (χ1v) is 13.8. The third-order valence-corrected chi connectivity index (χ3v) is 7.50. The van der Waals surface area contributed by atoms with E-state index in [1.165, 1.54) is 6.07 Å². The van der Waals surface area contributed by atoms with Gasteiger partial charge >= 0.3 is 0 Å². The molecule has 1 saturated heterocycles. The Morgan fingerprint density at radius 1 is 0.970 bits per heavy atom. The van der Waals surface area contributed by atoms with E-state index in [2.05, 4.69) is 26.8 Å². The minimum absolute atomic E-state index is 0.0834. The summed E-state index contributed by atoms with van der Waals surface area (Å²) in [6.45, 7) is 5.74. The van der Waals surface area contributed by atoms with Crippen LogP contribution in [-0.2, 0) is 21.0 Å². The summed E-state index contributed by atoms with van der Waals surface area (Å²) in [7, 11) is -3.31. The van der Waals surface area contributed by atoms with Crippen LogP contribution in [0.25, 0.3) is 0 Å². The number of ether oxygens (including phenoxy) is 2. The molecule has 0 amide bonds. The third kappa shape index (κ3) is 6.20. The average molecular weight is 475 g/mol. The van der Waals surface area contributed by atoms with Crippen molar-refractivity contribution in [2.24, 2.45) is 0 Å². The van der Waals surface area contributed by atoms with Gasteiger partial charge in [-0.15, -0.1) is 0 Å². The minimum atomic E-state index is -3.31. The van der Waals surface area contributed by atoms with Crippen molar-refractivity contribution in [1.82, 2.24) is 15.0 Å². The lowest BCUT2D eigenvalue weighted by molar-refractivity contribution is -0.0529. The van der Waals surface area contributed by atoms with Gasteiger partial charge in [0.2, 0.25) is 5.95 Å². The highest BCUT2D eigenvalue weighted by molar-refractivity contribution is 7.90. The van der Waals surface area contributed by atoms with Crippen LogP contribution < -0.4 is 9.64 Å². The topological polar surface area (TPSA) is 94.5 Å². The molecule has 0 bridgehead atoms. The van der Waals surface area contributed by atoms with E-state index in [4.69, 9.17) is 9.47 Å². The molecular weight excluding hydrogens is 440 g/mol. The molecule has 0 spiro atoms. The molecule has 2 aliphatic rings. The van der Waals surface area contributed by atoms with Crippen LogP contribution in [0.3, 0.4) is 0 Å². The number of anilines is 1. The number of hydrogen-bond donors (Lipinski definition) is 0. The molecule has 9 heteroatoms. The lowest BCUT2D eigenvalue weighted by atomic mass is 9.94. The van der Waals surface area contributed by atoms with Crippen molar-refractivity contribution in [3.8, 4) is 5.75 Å². The van der Waals surface area contributed by atoms with Crippen molar-refractivity contribution >= 4 is 15.8 Å². The van der Waals surface area contributed by atoms with Crippen LogP contribution in [0.1, 0.15) is 56.7 Å². The van der Waals surface area contributed by atoms with Crippen LogP contribution in [-0.4, -0.2) is 61.0 Å². The Labute approximate surface area is 196 Å². The summed E-state index contributed by atoms with van der Waals surface area (Å²) in [5, 5.41) is 0.0834. The first kappa shape index (κ1) is 23.9. The smallest absolute Gasteiger partial charge is 0.225 e. The van der Waals surface area contributed by atoms with E-state index in [9.17, 15) is 8.42 Å². The lowest BCUT2D eigenvalue weighted by Gasteiger charge is -2.36. The minimum Gasteiger partial charge on any atom is -0.489 e. The maximum Gasteiger partial charge on any atom is 0.225 e. The molecule has 1 aliphatic carbocycles. The van der Waals surface area contributed by atoms with Crippen LogP contribution in [0.5, 0.6) is 5.75 Å². The van der Waals surface area contributed by atoms with Gasteiger partial charge in [-0.1, -0.05) is 6.92 Å². The predicted octanol–water partition coefficient (Wildman–Crippen LogP) is 3.52. The van der Waals surface area contributed by atoms with Gasteiger partial charge in [0, 0.05) is 31.7 Å². The first-order valence-electron chi connectivity index (χ1n) is 11.9. The van der Waals surface area contributed by atoms with E-state index >= 15 is 0 Å². The molecule has 3 heterocycles. The van der Waals surface area contributed by atoms with Gasteiger partial charge < -0.3 is 14.4 Å². The first-order chi connectivity index (χ1) is 15.8. The Balaban J connectivity index is 1.21. The van der Waals surface area contributed by atoms with Gasteiger partial charge in [-0.25, -0.2) is 23.4 Å². The summed E-state index contributed by atoms with van der Waals surface area (Å²) < 4.78 is 35.9. The Kier molecular flexibility index (Phi) is 7.48. The zero-order valence-electron chi connectivity index (χ0n) is 19.7. The second-order valence-electron chi connectivity index (χ2n) is 9.09. The standard InChI is InChI=1S/C24H34N4O4S/c1-4-18-15-25-24(26-16-18)28-13-11-21(12-14-28)31-19-5-7-20(8-6-19)32-22-9-10-23(27-17(22)2)33(3,29)30/h9-10,15-16,19-21H,4-8,11-14H2,1-3H3. The molecule has 0 atom stereocenters. The van der Waals surface area contributed by atoms with E-state index in [1.807, 2.05) is 12.4 Å². The quantitative estimate of drug-likeness (QED) is 0.602. The Morgan fingerprint density at radius 2 is 1.58 bits per heavy atom. The number of sulfone groups is 1. The Bertz CT molecular complexity index is 1030. The average Bonchev–Trinajstić information content (AvgIpc) is 2.81. The van der Waals surface area contributed by atoms with Crippen molar-refractivity contribution in [2.45, 2.75) is 82.1 Å². The van der Waals surface area contributed by atoms with Gasteiger partial charge in [0.05, 0.1) is 24.0 Å². The lowest BCUT2D eigenvalue weighted by Crippen LogP contribution is -2.40. The third-order valence-electron chi connectivity index (χ3n) is 6.52. The highest BCUT2D eigenvalue weighted by Gasteiger charge is 2.28. The molecule has 2 fully saturated rings. The van der Waals surface area contributed by atoms with Crippen LogP contribution in [0.4, 0.5) is 5.95 Å². The second kappa shape index (κ2) is 10.3. The fourth-order valence-electron chi connectivity index (χ4n) is 4.48. The molecule has 2 aromatic heterocycles. The molecule has 33 heavy (non-hydrogen) atoms. The van der Waals surface area contributed by atoms with Gasteiger partial charge in [0.15, 0.2) is 14.9 Å². The van der Waals surface area contributed by atoms with Gasteiger partial charge in [0.25, 0.3) is 0 Å². The van der Waals surface area contributed by atoms with Crippen molar-refractivity contribution in [2.75, 3.05) is 24.2 Å². The summed E-state index contributed by atoms with van der Waals surface area (Å²) >= 11 is 0. The van der Waals surface area contributed by atoms with E-state index in [0.717, 1.165) is 75.8 Å². The number of pyridine rings is 1. The molecule has 0 N–H and O–H groups in total. The summed E-state index contributed by atoms with van der Waals surface area (Å²) in [6, 6.07) is 3.23.